The summed E-state index contributed by atoms with van der Waals surface area (Å²) < 4.78 is 16.9. The van der Waals surface area contributed by atoms with Crippen LogP contribution in [0.25, 0.3) is 16.7 Å². The van der Waals surface area contributed by atoms with E-state index in [4.69, 9.17) is 21.1 Å². The van der Waals surface area contributed by atoms with E-state index in [1.165, 1.54) is 17.5 Å². The molecule has 5 heterocycles. The lowest BCUT2D eigenvalue weighted by molar-refractivity contribution is -0.147. The van der Waals surface area contributed by atoms with Crippen molar-refractivity contribution >= 4 is 28.3 Å². The Morgan fingerprint density at radius 2 is 1.97 bits per heavy atom. The maximum atomic E-state index is 6.35. The first-order valence-electron chi connectivity index (χ1n) is 10.9. The summed E-state index contributed by atoms with van der Waals surface area (Å²) in [6, 6.07) is 6.27. The number of nitrogens with zero attached hydrogens (tertiary/aromatic N) is 5. The van der Waals surface area contributed by atoms with E-state index in [1.807, 2.05) is 32.3 Å². The van der Waals surface area contributed by atoms with Crippen LogP contribution in [-0.2, 0) is 15.9 Å². The van der Waals surface area contributed by atoms with E-state index in [0.717, 1.165) is 35.2 Å². The number of hydrogen-bond donors (Lipinski definition) is 0. The van der Waals surface area contributed by atoms with Gasteiger partial charge in [0.05, 0.1) is 11.4 Å². The summed E-state index contributed by atoms with van der Waals surface area (Å²) in [6.07, 6.45) is 11.4. The van der Waals surface area contributed by atoms with Gasteiger partial charge in [0.2, 0.25) is 0 Å². The van der Waals surface area contributed by atoms with E-state index in [9.17, 15) is 0 Å². The lowest BCUT2D eigenvalue weighted by Crippen LogP contribution is -2.27. The van der Waals surface area contributed by atoms with Gasteiger partial charge in [0.1, 0.15) is 35.0 Å². The Morgan fingerprint density at radius 3 is 2.84 bits per heavy atom. The summed E-state index contributed by atoms with van der Waals surface area (Å²) in [4.78, 5) is 13.1. The van der Waals surface area contributed by atoms with Gasteiger partial charge in [-0.15, -0.1) is 0 Å². The Bertz CT molecular complexity index is 1370. The minimum Gasteiger partial charge on any atom is -0.342 e. The van der Waals surface area contributed by atoms with Gasteiger partial charge in [-0.1, -0.05) is 17.7 Å². The molecule has 4 aromatic rings. The molecule has 1 fully saturated rings. The number of halogens is 1. The first-order valence-corrected chi connectivity index (χ1v) is 11.2. The zero-order valence-corrected chi connectivity index (χ0v) is 19.0. The number of aromatic nitrogens is 5. The van der Waals surface area contributed by atoms with E-state index in [1.54, 1.807) is 0 Å². The lowest BCUT2D eigenvalue weighted by atomic mass is 10.0. The minimum atomic E-state index is -0.630. The fraction of sp³-hybridized carbons (Fsp3) is 0.375. The second kappa shape index (κ2) is 7.13. The number of fused-ring (bicyclic) bond motifs is 3. The lowest BCUT2D eigenvalue weighted by Gasteiger charge is -2.22. The van der Waals surface area contributed by atoms with E-state index < -0.39 is 5.79 Å². The minimum absolute atomic E-state index is 0.0160. The number of ether oxygens (including phenoxy) is 2. The van der Waals surface area contributed by atoms with Crippen LogP contribution in [-0.4, -0.2) is 41.9 Å². The molecule has 3 atom stereocenters. The fourth-order valence-corrected chi connectivity index (χ4v) is 5.16. The van der Waals surface area contributed by atoms with Crippen LogP contribution >= 0.6 is 11.6 Å². The molecule has 7 nitrogen and oxygen atoms in total. The molecule has 2 aliphatic rings. The van der Waals surface area contributed by atoms with Crippen molar-refractivity contribution in [2.45, 2.75) is 57.6 Å². The fourth-order valence-electron chi connectivity index (χ4n) is 4.97. The molecule has 0 spiro atoms. The molecule has 6 rings (SSSR count). The van der Waals surface area contributed by atoms with Crippen LogP contribution in [0.1, 0.15) is 37.6 Å². The summed E-state index contributed by atoms with van der Waals surface area (Å²) in [5.74, 6) is -0.630. The van der Waals surface area contributed by atoms with Crippen molar-refractivity contribution in [3.8, 4) is 0 Å². The molecule has 0 N–H and O–H groups in total. The van der Waals surface area contributed by atoms with Crippen molar-refractivity contribution in [2.24, 2.45) is 0 Å². The standard InChI is InChI=1S/C24H24ClN5O2/c1-14-12-26-19-10-15(6-8-29(14)19)4-5-16-11-18(21-20(16)31-24(2,3)32-21)30-9-7-17-22(25)27-13-28-23(17)30/h6-13,18,20-21H,4-5H2,1-3H3/t18-,20-,21+/m1/s1. The average Bonchev–Trinajstić information content (AvgIpc) is 3.49. The molecule has 164 valence electrons. The van der Waals surface area contributed by atoms with Crippen LogP contribution < -0.4 is 0 Å². The van der Waals surface area contributed by atoms with Gasteiger partial charge in [0.15, 0.2) is 5.79 Å². The molecule has 0 aromatic carbocycles. The average molecular weight is 450 g/mol. The third-order valence-electron chi connectivity index (χ3n) is 6.46. The van der Waals surface area contributed by atoms with Crippen molar-refractivity contribution in [1.29, 1.82) is 0 Å². The highest BCUT2D eigenvalue weighted by Crippen LogP contribution is 2.45. The van der Waals surface area contributed by atoms with E-state index in [-0.39, 0.29) is 18.2 Å². The molecule has 32 heavy (non-hydrogen) atoms. The zero-order valence-electron chi connectivity index (χ0n) is 18.2. The van der Waals surface area contributed by atoms with Gasteiger partial charge in [-0.2, -0.15) is 0 Å². The van der Waals surface area contributed by atoms with Crippen LogP contribution in [0.15, 0.2) is 54.8 Å². The number of hydrogen-bond acceptors (Lipinski definition) is 5. The number of imidazole rings is 1. The van der Waals surface area contributed by atoms with Gasteiger partial charge in [0.25, 0.3) is 0 Å². The molecule has 1 aliphatic heterocycles. The first-order chi connectivity index (χ1) is 15.4. The second-order valence-electron chi connectivity index (χ2n) is 9.04. The summed E-state index contributed by atoms with van der Waals surface area (Å²) in [5.41, 5.74) is 5.44. The van der Waals surface area contributed by atoms with E-state index >= 15 is 0 Å². The Hall–Kier alpha value is -2.74. The summed E-state index contributed by atoms with van der Waals surface area (Å²) in [7, 11) is 0. The van der Waals surface area contributed by atoms with Gasteiger partial charge >= 0.3 is 0 Å². The summed E-state index contributed by atoms with van der Waals surface area (Å²) in [6.45, 7) is 6.01. The molecular formula is C24H24ClN5O2. The Labute approximate surface area is 190 Å². The highest BCUT2D eigenvalue weighted by Gasteiger charge is 2.50. The van der Waals surface area contributed by atoms with E-state index in [2.05, 4.69) is 55.2 Å². The SMILES string of the molecule is Cc1cnc2cc(CCC3=C[C@@H](n4ccc5c(Cl)ncnc54)[C@@H]4OC(C)(C)O[C@H]34)ccn12. The maximum absolute atomic E-state index is 6.35. The molecule has 0 unspecified atom stereocenters. The first kappa shape index (κ1) is 19.9. The Kier molecular flexibility index (Phi) is 4.44. The number of pyridine rings is 1. The molecule has 4 aromatic heterocycles. The van der Waals surface area contributed by atoms with E-state index in [0.29, 0.717) is 5.15 Å². The summed E-state index contributed by atoms with van der Waals surface area (Å²) >= 11 is 6.28. The molecule has 1 aliphatic carbocycles. The molecule has 0 saturated carbocycles. The highest BCUT2D eigenvalue weighted by molar-refractivity contribution is 6.33. The van der Waals surface area contributed by atoms with Gasteiger partial charge in [-0.05, 0) is 62.9 Å². The predicted molar refractivity (Wildman–Crippen MR) is 122 cm³/mol. The van der Waals surface area contributed by atoms with Gasteiger partial charge in [-0.3, -0.25) is 0 Å². The molecule has 0 radical (unpaired) electrons. The smallest absolute Gasteiger partial charge is 0.164 e. The van der Waals surface area contributed by atoms with Gasteiger partial charge < -0.3 is 18.4 Å². The van der Waals surface area contributed by atoms with Gasteiger partial charge in [0, 0.05) is 24.3 Å². The van der Waals surface area contributed by atoms with Crippen molar-refractivity contribution in [1.82, 2.24) is 23.9 Å². The summed E-state index contributed by atoms with van der Waals surface area (Å²) in [5, 5.41) is 1.30. The van der Waals surface area contributed by atoms with Crippen molar-refractivity contribution in [3.05, 3.63) is 71.2 Å². The van der Waals surface area contributed by atoms with Gasteiger partial charge in [-0.25, -0.2) is 15.0 Å². The van der Waals surface area contributed by atoms with Crippen LogP contribution in [0.4, 0.5) is 0 Å². The topological polar surface area (TPSA) is 66.5 Å². The molecule has 1 saturated heterocycles. The van der Waals surface area contributed by atoms with Crippen molar-refractivity contribution in [3.63, 3.8) is 0 Å². The monoisotopic (exact) mass is 449 g/mol. The quantitative estimate of drug-likeness (QED) is 0.334. The molecule has 0 bridgehead atoms. The molecular weight excluding hydrogens is 426 g/mol. The van der Waals surface area contributed by atoms with Crippen molar-refractivity contribution < 1.29 is 9.47 Å². The van der Waals surface area contributed by atoms with Crippen LogP contribution in [0.5, 0.6) is 0 Å². The van der Waals surface area contributed by atoms with Crippen LogP contribution in [0.3, 0.4) is 0 Å². The number of aryl methyl sites for hydroxylation is 2. The Balaban J connectivity index is 1.32. The van der Waals surface area contributed by atoms with Crippen LogP contribution in [0.2, 0.25) is 5.15 Å². The zero-order chi connectivity index (χ0) is 22.0. The normalized spacial score (nSPS) is 24.4. The van der Waals surface area contributed by atoms with Crippen molar-refractivity contribution in [2.75, 3.05) is 0 Å². The third-order valence-corrected chi connectivity index (χ3v) is 6.76. The third kappa shape index (κ3) is 3.15. The van der Waals surface area contributed by atoms with Crippen LogP contribution in [0, 0.1) is 6.92 Å². The highest BCUT2D eigenvalue weighted by atomic mass is 35.5. The predicted octanol–water partition coefficient (Wildman–Crippen LogP) is 4.67. The Morgan fingerprint density at radius 1 is 1.09 bits per heavy atom. The molecule has 8 heteroatoms. The largest absolute Gasteiger partial charge is 0.342 e. The second-order valence-corrected chi connectivity index (χ2v) is 9.40. The number of rotatable bonds is 4. The maximum Gasteiger partial charge on any atom is 0.164 e. The molecule has 0 amide bonds.